The zero-order chi connectivity index (χ0) is 14.0. The minimum atomic E-state index is -1.33. The number of hydrogen-bond donors (Lipinski definition) is 1. The number of methoxy groups -OCH3 is 1. The summed E-state index contributed by atoms with van der Waals surface area (Å²) in [6.45, 7) is 2.85. The van der Waals surface area contributed by atoms with Gasteiger partial charge in [-0.05, 0) is 34.0 Å². The Morgan fingerprint density at radius 1 is 1.47 bits per heavy atom. The van der Waals surface area contributed by atoms with Crippen LogP contribution in [0.3, 0.4) is 0 Å². The predicted octanol–water partition coefficient (Wildman–Crippen LogP) is 1.99. The van der Waals surface area contributed by atoms with E-state index in [1.807, 2.05) is 6.92 Å². The summed E-state index contributed by atoms with van der Waals surface area (Å²) in [7, 11) is 1.24. The number of carbonyl (C=O) groups excluding carboxylic acids is 1. The lowest BCUT2D eigenvalue weighted by atomic mass is 9.98. The molecule has 0 saturated heterocycles. The highest BCUT2D eigenvalue weighted by molar-refractivity contribution is 9.10. The molecule has 0 bridgehead atoms. The van der Waals surface area contributed by atoms with Crippen molar-refractivity contribution in [2.75, 3.05) is 20.3 Å². The average molecular weight is 331 g/mol. The molecule has 1 aromatic rings. The van der Waals surface area contributed by atoms with Crippen LogP contribution < -0.4 is 9.47 Å². The number of aliphatic hydroxyl groups is 1. The molecule has 0 aliphatic carbocycles. The minimum Gasteiger partial charge on any atom is -0.486 e. The number of ether oxygens (including phenoxy) is 3. The SMILES string of the molecule is CCc1c(C(O)C(=O)OC)cc(Br)c2c1OCCO2. The van der Waals surface area contributed by atoms with Gasteiger partial charge in [0.25, 0.3) is 0 Å². The van der Waals surface area contributed by atoms with Gasteiger partial charge in [-0.1, -0.05) is 6.92 Å². The fourth-order valence-electron chi connectivity index (χ4n) is 2.09. The van der Waals surface area contributed by atoms with Crippen LogP contribution in [0.4, 0.5) is 0 Å². The van der Waals surface area contributed by atoms with Gasteiger partial charge < -0.3 is 19.3 Å². The van der Waals surface area contributed by atoms with Crippen molar-refractivity contribution in [2.24, 2.45) is 0 Å². The lowest BCUT2D eigenvalue weighted by Crippen LogP contribution is -2.20. The highest BCUT2D eigenvalue weighted by atomic mass is 79.9. The summed E-state index contributed by atoms with van der Waals surface area (Å²) in [6, 6.07) is 1.67. The fourth-order valence-corrected chi connectivity index (χ4v) is 2.63. The van der Waals surface area contributed by atoms with E-state index >= 15 is 0 Å². The van der Waals surface area contributed by atoms with E-state index in [1.165, 1.54) is 7.11 Å². The summed E-state index contributed by atoms with van der Waals surface area (Å²) in [5, 5.41) is 10.0. The number of halogens is 1. The van der Waals surface area contributed by atoms with E-state index < -0.39 is 12.1 Å². The molecular weight excluding hydrogens is 316 g/mol. The summed E-state index contributed by atoms with van der Waals surface area (Å²) in [5.74, 6) is 0.503. The lowest BCUT2D eigenvalue weighted by Gasteiger charge is -2.25. The molecule has 0 fully saturated rings. The number of fused-ring (bicyclic) bond motifs is 1. The molecule has 1 aliphatic rings. The molecule has 0 spiro atoms. The van der Waals surface area contributed by atoms with E-state index in [9.17, 15) is 9.90 Å². The Labute approximate surface area is 119 Å². The van der Waals surface area contributed by atoms with Crippen LogP contribution in [0.1, 0.15) is 24.2 Å². The van der Waals surface area contributed by atoms with Gasteiger partial charge in [0.2, 0.25) is 0 Å². The fraction of sp³-hybridized carbons (Fsp3) is 0.462. The molecule has 0 amide bonds. The zero-order valence-electron chi connectivity index (χ0n) is 10.7. The number of esters is 1. The van der Waals surface area contributed by atoms with Gasteiger partial charge in [0, 0.05) is 5.56 Å². The van der Waals surface area contributed by atoms with Gasteiger partial charge in [-0.25, -0.2) is 4.79 Å². The largest absolute Gasteiger partial charge is 0.486 e. The van der Waals surface area contributed by atoms with E-state index in [1.54, 1.807) is 6.07 Å². The Morgan fingerprint density at radius 2 is 2.11 bits per heavy atom. The van der Waals surface area contributed by atoms with Crippen molar-refractivity contribution < 1.29 is 24.1 Å². The summed E-state index contributed by atoms with van der Waals surface area (Å²) < 4.78 is 16.4. The molecule has 2 rings (SSSR count). The second-order valence-corrected chi connectivity index (χ2v) is 4.91. The van der Waals surface area contributed by atoms with E-state index in [4.69, 9.17) is 9.47 Å². The molecule has 1 atom stereocenters. The summed E-state index contributed by atoms with van der Waals surface area (Å²) in [5.41, 5.74) is 1.24. The summed E-state index contributed by atoms with van der Waals surface area (Å²) >= 11 is 3.37. The molecule has 1 N–H and O–H groups in total. The zero-order valence-corrected chi connectivity index (χ0v) is 12.3. The Kier molecular flexibility index (Phi) is 4.31. The van der Waals surface area contributed by atoms with Crippen molar-refractivity contribution in [3.63, 3.8) is 0 Å². The van der Waals surface area contributed by atoms with E-state index in [0.717, 1.165) is 5.56 Å². The highest BCUT2D eigenvalue weighted by Gasteiger charge is 2.28. The van der Waals surface area contributed by atoms with Gasteiger partial charge in [-0.3, -0.25) is 0 Å². The Balaban J connectivity index is 2.55. The quantitative estimate of drug-likeness (QED) is 0.858. The Morgan fingerprint density at radius 3 is 2.68 bits per heavy atom. The van der Waals surface area contributed by atoms with E-state index in [0.29, 0.717) is 41.2 Å². The van der Waals surface area contributed by atoms with Crippen LogP contribution >= 0.6 is 15.9 Å². The Hall–Kier alpha value is -1.27. The minimum absolute atomic E-state index is 0.449. The van der Waals surface area contributed by atoms with Crippen LogP contribution in [-0.4, -0.2) is 31.4 Å². The molecule has 1 aliphatic heterocycles. The number of aliphatic hydroxyl groups excluding tert-OH is 1. The first-order valence-corrected chi connectivity index (χ1v) is 6.76. The summed E-state index contributed by atoms with van der Waals surface area (Å²) in [4.78, 5) is 11.5. The van der Waals surface area contributed by atoms with Gasteiger partial charge in [-0.2, -0.15) is 0 Å². The number of carbonyl (C=O) groups is 1. The third kappa shape index (κ3) is 2.55. The molecular formula is C13H15BrO5. The third-order valence-electron chi connectivity index (χ3n) is 2.98. The second-order valence-electron chi connectivity index (χ2n) is 4.06. The van der Waals surface area contributed by atoms with Crippen molar-refractivity contribution in [1.82, 2.24) is 0 Å². The second kappa shape index (κ2) is 5.79. The number of hydrogen-bond acceptors (Lipinski definition) is 5. The van der Waals surface area contributed by atoms with Crippen molar-refractivity contribution in [1.29, 1.82) is 0 Å². The van der Waals surface area contributed by atoms with Crippen molar-refractivity contribution in [2.45, 2.75) is 19.4 Å². The van der Waals surface area contributed by atoms with Crippen molar-refractivity contribution >= 4 is 21.9 Å². The monoisotopic (exact) mass is 330 g/mol. The van der Waals surface area contributed by atoms with Crippen molar-refractivity contribution in [3.05, 3.63) is 21.7 Å². The smallest absolute Gasteiger partial charge is 0.339 e. The van der Waals surface area contributed by atoms with Crippen LogP contribution in [-0.2, 0) is 16.0 Å². The normalized spacial score (nSPS) is 14.9. The highest BCUT2D eigenvalue weighted by Crippen LogP contribution is 2.44. The molecule has 0 radical (unpaired) electrons. The maximum absolute atomic E-state index is 11.5. The van der Waals surface area contributed by atoms with Gasteiger partial charge in [0.05, 0.1) is 11.6 Å². The van der Waals surface area contributed by atoms with Gasteiger partial charge in [-0.15, -0.1) is 0 Å². The van der Waals surface area contributed by atoms with Gasteiger partial charge in [0.1, 0.15) is 13.2 Å². The first-order valence-electron chi connectivity index (χ1n) is 5.96. The molecule has 19 heavy (non-hydrogen) atoms. The van der Waals surface area contributed by atoms with Crippen molar-refractivity contribution in [3.8, 4) is 11.5 Å². The molecule has 1 aromatic carbocycles. The first-order chi connectivity index (χ1) is 9.10. The molecule has 0 aromatic heterocycles. The maximum Gasteiger partial charge on any atom is 0.339 e. The summed E-state index contributed by atoms with van der Waals surface area (Å²) in [6.07, 6.45) is -0.713. The van der Waals surface area contributed by atoms with Gasteiger partial charge in [0.15, 0.2) is 17.6 Å². The van der Waals surface area contributed by atoms with Crippen LogP contribution in [0, 0.1) is 0 Å². The van der Waals surface area contributed by atoms with Crippen LogP contribution in [0.5, 0.6) is 11.5 Å². The topological polar surface area (TPSA) is 65.0 Å². The molecule has 5 nitrogen and oxygen atoms in total. The van der Waals surface area contributed by atoms with Crippen LogP contribution in [0.2, 0.25) is 0 Å². The molecule has 0 saturated carbocycles. The maximum atomic E-state index is 11.5. The molecule has 6 heteroatoms. The van der Waals surface area contributed by atoms with E-state index in [-0.39, 0.29) is 0 Å². The first kappa shape index (κ1) is 14.1. The number of benzene rings is 1. The van der Waals surface area contributed by atoms with Crippen LogP contribution in [0.15, 0.2) is 10.5 Å². The lowest BCUT2D eigenvalue weighted by molar-refractivity contribution is -0.150. The average Bonchev–Trinajstić information content (AvgIpc) is 2.45. The molecule has 1 unspecified atom stereocenters. The predicted molar refractivity (Wildman–Crippen MR) is 71.5 cm³/mol. The molecule has 1 heterocycles. The third-order valence-corrected chi connectivity index (χ3v) is 3.57. The number of rotatable bonds is 3. The van der Waals surface area contributed by atoms with E-state index in [2.05, 4.69) is 20.7 Å². The van der Waals surface area contributed by atoms with Crippen LogP contribution in [0.25, 0.3) is 0 Å². The standard InChI is InChI=1S/C13H15BrO5/c1-3-7-8(10(15)13(16)17-2)6-9(14)12-11(7)18-4-5-19-12/h6,10,15H,3-5H2,1-2H3. The Bertz CT molecular complexity index is 500. The molecule has 104 valence electrons. The van der Waals surface area contributed by atoms with Gasteiger partial charge >= 0.3 is 5.97 Å².